The zero-order valence-corrected chi connectivity index (χ0v) is 9.70. The highest BCUT2D eigenvalue weighted by molar-refractivity contribution is 7.90. The fraction of sp³-hybridized carbons (Fsp3) is 0.667. The minimum Gasteiger partial charge on any atom is -0.335 e. The van der Waals surface area contributed by atoms with Gasteiger partial charge < -0.3 is 10.3 Å². The van der Waals surface area contributed by atoms with Gasteiger partial charge in [0, 0.05) is 31.6 Å². The van der Waals surface area contributed by atoms with Crippen LogP contribution in [-0.2, 0) is 22.8 Å². The van der Waals surface area contributed by atoms with Gasteiger partial charge in [0.15, 0.2) is 0 Å². The topological polar surface area (TPSA) is 78.0 Å². The first-order valence-corrected chi connectivity index (χ1v) is 6.97. The lowest BCUT2D eigenvalue weighted by Crippen LogP contribution is -2.12. The summed E-state index contributed by atoms with van der Waals surface area (Å²) in [6, 6.07) is 0. The fourth-order valence-electron chi connectivity index (χ4n) is 1.40. The van der Waals surface area contributed by atoms with Crippen molar-refractivity contribution in [1.82, 2.24) is 9.55 Å². The molecule has 1 rings (SSSR count). The number of aryl methyl sites for hydroxylation is 1. The largest absolute Gasteiger partial charge is 0.335 e. The molecule has 6 heteroatoms. The Hall–Kier alpha value is -0.880. The molecule has 0 aliphatic carbocycles. The van der Waals surface area contributed by atoms with Crippen molar-refractivity contribution < 1.29 is 8.42 Å². The maximum absolute atomic E-state index is 10.9. The molecule has 0 aromatic carbocycles. The second kappa shape index (κ2) is 5.27. The Labute approximate surface area is 90.2 Å². The number of rotatable bonds is 6. The molecule has 15 heavy (non-hydrogen) atoms. The number of hydrogen-bond acceptors (Lipinski definition) is 4. The SMILES string of the molecule is CS(=O)(=O)CCCn1ccnc1CCN. The van der Waals surface area contributed by atoms with E-state index in [-0.39, 0.29) is 5.75 Å². The molecule has 0 aliphatic heterocycles. The van der Waals surface area contributed by atoms with Crippen LogP contribution in [0.3, 0.4) is 0 Å². The maximum atomic E-state index is 10.9. The van der Waals surface area contributed by atoms with Crippen LogP contribution in [0.4, 0.5) is 0 Å². The predicted octanol–water partition coefficient (Wildman–Crippen LogP) is -0.181. The van der Waals surface area contributed by atoms with Crippen LogP contribution in [0.2, 0.25) is 0 Å². The third kappa shape index (κ3) is 4.44. The first kappa shape index (κ1) is 12.2. The Bertz CT molecular complexity index is 397. The zero-order valence-electron chi connectivity index (χ0n) is 8.89. The summed E-state index contributed by atoms with van der Waals surface area (Å²) in [5.74, 6) is 1.14. The highest BCUT2D eigenvalue weighted by Crippen LogP contribution is 2.01. The average Bonchev–Trinajstić information content (AvgIpc) is 2.51. The molecule has 0 fully saturated rings. The third-order valence-electron chi connectivity index (χ3n) is 2.08. The Balaban J connectivity index is 2.47. The van der Waals surface area contributed by atoms with E-state index < -0.39 is 9.84 Å². The second-order valence-electron chi connectivity index (χ2n) is 3.56. The van der Waals surface area contributed by atoms with E-state index in [1.54, 1.807) is 6.20 Å². The summed E-state index contributed by atoms with van der Waals surface area (Å²) in [5, 5.41) is 0. The van der Waals surface area contributed by atoms with E-state index in [1.807, 2.05) is 10.8 Å². The molecule has 0 saturated carbocycles. The molecule has 0 unspecified atom stereocenters. The van der Waals surface area contributed by atoms with Crippen molar-refractivity contribution in [3.63, 3.8) is 0 Å². The molecule has 1 aromatic heterocycles. The van der Waals surface area contributed by atoms with E-state index >= 15 is 0 Å². The van der Waals surface area contributed by atoms with Crippen molar-refractivity contribution in [2.75, 3.05) is 18.6 Å². The van der Waals surface area contributed by atoms with E-state index in [2.05, 4.69) is 4.98 Å². The van der Waals surface area contributed by atoms with E-state index in [0.717, 1.165) is 12.2 Å². The maximum Gasteiger partial charge on any atom is 0.147 e. The number of nitrogens with two attached hydrogens (primary N) is 1. The van der Waals surface area contributed by atoms with Crippen LogP contribution in [-0.4, -0.2) is 36.5 Å². The molecule has 0 bridgehead atoms. The van der Waals surface area contributed by atoms with Crippen LogP contribution in [0.5, 0.6) is 0 Å². The van der Waals surface area contributed by atoms with Crippen molar-refractivity contribution in [2.45, 2.75) is 19.4 Å². The van der Waals surface area contributed by atoms with Crippen LogP contribution < -0.4 is 5.73 Å². The summed E-state index contributed by atoms with van der Waals surface area (Å²) < 4.78 is 23.8. The lowest BCUT2D eigenvalue weighted by Gasteiger charge is -2.06. The standard InChI is InChI=1S/C9H17N3O2S/c1-15(13,14)8-2-6-12-7-5-11-9(12)3-4-10/h5,7H,2-4,6,8,10H2,1H3. The van der Waals surface area contributed by atoms with E-state index in [9.17, 15) is 8.42 Å². The highest BCUT2D eigenvalue weighted by atomic mass is 32.2. The minimum absolute atomic E-state index is 0.216. The van der Waals surface area contributed by atoms with Gasteiger partial charge in [-0.15, -0.1) is 0 Å². The van der Waals surface area contributed by atoms with Crippen LogP contribution in [0.25, 0.3) is 0 Å². The van der Waals surface area contributed by atoms with Crippen molar-refractivity contribution in [3.8, 4) is 0 Å². The monoisotopic (exact) mass is 231 g/mol. The molecule has 0 aliphatic rings. The van der Waals surface area contributed by atoms with Crippen LogP contribution >= 0.6 is 0 Å². The number of imidazole rings is 1. The summed E-state index contributed by atoms with van der Waals surface area (Å²) in [6.07, 6.45) is 6.17. The first-order valence-electron chi connectivity index (χ1n) is 4.91. The number of sulfone groups is 1. The molecule has 1 heterocycles. The van der Waals surface area contributed by atoms with Gasteiger partial charge in [-0.1, -0.05) is 0 Å². The number of aromatic nitrogens is 2. The van der Waals surface area contributed by atoms with E-state index in [4.69, 9.17) is 5.73 Å². The van der Waals surface area contributed by atoms with Crippen molar-refractivity contribution >= 4 is 9.84 Å². The molecule has 0 atom stereocenters. The van der Waals surface area contributed by atoms with Crippen molar-refractivity contribution in [3.05, 3.63) is 18.2 Å². The van der Waals surface area contributed by atoms with Crippen LogP contribution in [0.1, 0.15) is 12.2 Å². The lowest BCUT2D eigenvalue weighted by molar-refractivity contribution is 0.587. The van der Waals surface area contributed by atoms with Gasteiger partial charge in [0.2, 0.25) is 0 Å². The molecule has 0 radical (unpaired) electrons. The van der Waals surface area contributed by atoms with Crippen molar-refractivity contribution in [2.24, 2.45) is 5.73 Å². The molecular formula is C9H17N3O2S. The highest BCUT2D eigenvalue weighted by Gasteiger charge is 2.04. The summed E-state index contributed by atoms with van der Waals surface area (Å²) in [5.41, 5.74) is 5.44. The summed E-state index contributed by atoms with van der Waals surface area (Å²) in [6.45, 7) is 1.24. The quantitative estimate of drug-likeness (QED) is 0.736. The van der Waals surface area contributed by atoms with Gasteiger partial charge in [-0.3, -0.25) is 0 Å². The van der Waals surface area contributed by atoms with Crippen molar-refractivity contribution in [1.29, 1.82) is 0 Å². The molecule has 2 N–H and O–H groups in total. The Morgan fingerprint density at radius 2 is 2.27 bits per heavy atom. The Kier molecular flexibility index (Phi) is 4.28. The van der Waals surface area contributed by atoms with E-state index in [0.29, 0.717) is 19.5 Å². The second-order valence-corrected chi connectivity index (χ2v) is 5.82. The summed E-state index contributed by atoms with van der Waals surface area (Å²) >= 11 is 0. The van der Waals surface area contributed by atoms with Gasteiger partial charge in [0.05, 0.1) is 5.75 Å². The van der Waals surface area contributed by atoms with Gasteiger partial charge in [-0.05, 0) is 13.0 Å². The summed E-state index contributed by atoms with van der Waals surface area (Å²) in [4.78, 5) is 4.15. The normalized spacial score (nSPS) is 11.9. The van der Waals surface area contributed by atoms with Gasteiger partial charge in [0.25, 0.3) is 0 Å². The third-order valence-corrected chi connectivity index (χ3v) is 3.11. The molecule has 0 saturated heterocycles. The van der Waals surface area contributed by atoms with E-state index in [1.165, 1.54) is 6.26 Å². The molecule has 0 amide bonds. The van der Waals surface area contributed by atoms with Gasteiger partial charge in [0.1, 0.15) is 15.7 Å². The van der Waals surface area contributed by atoms with Crippen LogP contribution in [0, 0.1) is 0 Å². The average molecular weight is 231 g/mol. The molecule has 5 nitrogen and oxygen atoms in total. The molecule has 86 valence electrons. The van der Waals surface area contributed by atoms with Gasteiger partial charge in [-0.2, -0.15) is 0 Å². The Morgan fingerprint density at radius 1 is 1.53 bits per heavy atom. The fourth-order valence-corrected chi connectivity index (χ4v) is 2.05. The summed E-state index contributed by atoms with van der Waals surface area (Å²) in [7, 11) is -2.86. The molecular weight excluding hydrogens is 214 g/mol. The number of hydrogen-bond donors (Lipinski definition) is 1. The Morgan fingerprint density at radius 3 is 2.87 bits per heavy atom. The predicted molar refractivity (Wildman–Crippen MR) is 59.3 cm³/mol. The molecule has 1 aromatic rings. The molecule has 0 spiro atoms. The van der Waals surface area contributed by atoms with Gasteiger partial charge >= 0.3 is 0 Å². The van der Waals surface area contributed by atoms with Crippen LogP contribution in [0.15, 0.2) is 12.4 Å². The lowest BCUT2D eigenvalue weighted by atomic mass is 10.4. The minimum atomic E-state index is -2.86. The number of nitrogens with zero attached hydrogens (tertiary/aromatic N) is 2. The first-order chi connectivity index (χ1) is 7.03. The zero-order chi connectivity index (χ0) is 11.3. The smallest absolute Gasteiger partial charge is 0.147 e. The van der Waals surface area contributed by atoms with Gasteiger partial charge in [-0.25, -0.2) is 13.4 Å².